The van der Waals surface area contributed by atoms with Crippen LogP contribution in [0.4, 0.5) is 10.5 Å². The lowest BCUT2D eigenvalue weighted by Crippen LogP contribution is -2.54. The van der Waals surface area contributed by atoms with Crippen LogP contribution >= 0.6 is 0 Å². The number of urea groups is 1. The van der Waals surface area contributed by atoms with Gasteiger partial charge in [0.2, 0.25) is 5.91 Å². The summed E-state index contributed by atoms with van der Waals surface area (Å²) < 4.78 is 5.02. The summed E-state index contributed by atoms with van der Waals surface area (Å²) in [5.41, 5.74) is 0.755. The molecule has 1 aromatic rings. The van der Waals surface area contributed by atoms with E-state index in [1.165, 1.54) is 0 Å². The maximum Gasteiger partial charge on any atom is 0.326 e. The van der Waals surface area contributed by atoms with Crippen molar-refractivity contribution in [3.05, 3.63) is 29.3 Å². The van der Waals surface area contributed by atoms with Gasteiger partial charge in [-0.3, -0.25) is 24.1 Å². The zero-order valence-electron chi connectivity index (χ0n) is 16.7. The van der Waals surface area contributed by atoms with Gasteiger partial charge in [0, 0.05) is 11.3 Å². The first-order valence-corrected chi connectivity index (χ1v) is 10.1. The van der Waals surface area contributed by atoms with E-state index in [0.29, 0.717) is 23.2 Å². The molecule has 2 atom stereocenters. The molecular weight excluding hydrogens is 390 g/mol. The highest BCUT2D eigenvalue weighted by atomic mass is 16.5. The average Bonchev–Trinajstić information content (AvgIpc) is 3.20. The summed E-state index contributed by atoms with van der Waals surface area (Å²) in [6, 6.07) is 4.17. The van der Waals surface area contributed by atoms with Crippen LogP contribution in [0.25, 0.3) is 0 Å². The van der Waals surface area contributed by atoms with E-state index in [4.69, 9.17) is 4.74 Å². The summed E-state index contributed by atoms with van der Waals surface area (Å²) in [7, 11) is 0. The minimum atomic E-state index is -0.943. The third kappa shape index (κ3) is 3.44. The van der Waals surface area contributed by atoms with Crippen molar-refractivity contribution in [1.29, 1.82) is 0 Å². The number of imide groups is 1. The zero-order chi connectivity index (χ0) is 21.5. The molecule has 1 saturated heterocycles. The van der Waals surface area contributed by atoms with Crippen molar-refractivity contribution in [2.75, 3.05) is 18.5 Å². The number of nitrogens with one attached hydrogen (secondary N) is 2. The van der Waals surface area contributed by atoms with Crippen molar-refractivity contribution in [2.24, 2.45) is 5.92 Å². The Balaban J connectivity index is 1.34. The molecular formula is C21H23N3O6. The van der Waals surface area contributed by atoms with E-state index < -0.39 is 42.4 Å². The van der Waals surface area contributed by atoms with Gasteiger partial charge in [-0.05, 0) is 42.5 Å². The summed E-state index contributed by atoms with van der Waals surface area (Å²) in [6.45, 7) is 0.886. The van der Waals surface area contributed by atoms with Gasteiger partial charge in [0.1, 0.15) is 12.1 Å². The molecule has 158 valence electrons. The fraction of sp³-hybridized carbons (Fsp3) is 0.476. The van der Waals surface area contributed by atoms with E-state index in [1.807, 2.05) is 6.92 Å². The summed E-state index contributed by atoms with van der Waals surface area (Å²) in [4.78, 5) is 62.0. The number of amides is 4. The number of carbonyl (C=O) groups is 5. The number of nitrogens with zero attached hydrogens (tertiary/aromatic N) is 1. The SMILES string of the molecule is C[C@H]1CCCC[C@]12NC(=O)N(CC(=O)OCC(=O)c1ccc3c(c1)CC(=O)N3)C2=O. The van der Waals surface area contributed by atoms with Gasteiger partial charge < -0.3 is 15.4 Å². The standard InChI is InChI=1S/C21H23N3O6/c1-12-4-2-3-7-21(12)19(28)24(20(29)23-21)10-18(27)30-11-16(25)13-5-6-15-14(8-13)9-17(26)22-15/h5-6,8,12H,2-4,7,9-11H2,1H3,(H,22,26)(H,23,29)/t12-,21-/m0/s1. The second-order valence-corrected chi connectivity index (χ2v) is 8.12. The fourth-order valence-corrected chi connectivity index (χ4v) is 4.45. The molecule has 1 aromatic carbocycles. The maximum atomic E-state index is 12.9. The smallest absolute Gasteiger partial charge is 0.326 e. The van der Waals surface area contributed by atoms with Gasteiger partial charge in [-0.2, -0.15) is 0 Å². The van der Waals surface area contributed by atoms with Gasteiger partial charge >= 0.3 is 12.0 Å². The molecule has 0 unspecified atom stereocenters. The highest BCUT2D eigenvalue weighted by Crippen LogP contribution is 2.38. The summed E-state index contributed by atoms with van der Waals surface area (Å²) in [5.74, 6) is -1.81. The predicted octanol–water partition coefficient (Wildman–Crippen LogP) is 1.41. The lowest BCUT2D eigenvalue weighted by atomic mass is 9.73. The number of benzene rings is 1. The van der Waals surface area contributed by atoms with Gasteiger partial charge in [-0.15, -0.1) is 0 Å². The molecule has 1 aliphatic carbocycles. The molecule has 0 aromatic heterocycles. The average molecular weight is 413 g/mol. The highest BCUT2D eigenvalue weighted by Gasteiger charge is 2.55. The molecule has 4 rings (SSSR count). The Morgan fingerprint density at radius 1 is 1.23 bits per heavy atom. The summed E-state index contributed by atoms with van der Waals surface area (Å²) in [5, 5.41) is 5.45. The van der Waals surface area contributed by atoms with E-state index in [-0.39, 0.29) is 18.2 Å². The third-order valence-corrected chi connectivity index (χ3v) is 6.21. The Morgan fingerprint density at radius 2 is 2.03 bits per heavy atom. The topological polar surface area (TPSA) is 122 Å². The summed E-state index contributed by atoms with van der Waals surface area (Å²) >= 11 is 0. The van der Waals surface area contributed by atoms with E-state index in [1.54, 1.807) is 18.2 Å². The van der Waals surface area contributed by atoms with Crippen LogP contribution in [0.3, 0.4) is 0 Å². The lowest BCUT2D eigenvalue weighted by Gasteiger charge is -2.36. The van der Waals surface area contributed by atoms with Gasteiger partial charge in [0.05, 0.1) is 6.42 Å². The first-order chi connectivity index (χ1) is 14.3. The molecule has 30 heavy (non-hydrogen) atoms. The second kappa shape index (κ2) is 7.55. The van der Waals surface area contributed by atoms with E-state index in [2.05, 4.69) is 10.6 Å². The first-order valence-electron chi connectivity index (χ1n) is 10.1. The van der Waals surface area contributed by atoms with Crippen molar-refractivity contribution in [2.45, 2.75) is 44.6 Å². The van der Waals surface area contributed by atoms with Crippen LogP contribution in [-0.4, -0.2) is 53.2 Å². The second-order valence-electron chi connectivity index (χ2n) is 8.12. The van der Waals surface area contributed by atoms with E-state index in [9.17, 15) is 24.0 Å². The minimum absolute atomic E-state index is 0.00789. The number of esters is 1. The van der Waals surface area contributed by atoms with Gasteiger partial charge in [-0.1, -0.05) is 19.8 Å². The normalized spacial score (nSPS) is 25.2. The Labute approximate surface area is 173 Å². The van der Waals surface area contributed by atoms with E-state index >= 15 is 0 Å². The number of ketones is 1. The molecule has 2 heterocycles. The number of Topliss-reactive ketones (excluding diaryl/α,β-unsaturated/α-hetero) is 1. The van der Waals surface area contributed by atoms with Crippen LogP contribution < -0.4 is 10.6 Å². The lowest BCUT2D eigenvalue weighted by molar-refractivity contribution is -0.147. The summed E-state index contributed by atoms with van der Waals surface area (Å²) in [6.07, 6.45) is 3.43. The zero-order valence-corrected chi connectivity index (χ0v) is 16.7. The Kier molecular flexibility index (Phi) is 5.05. The van der Waals surface area contributed by atoms with Crippen LogP contribution in [0.15, 0.2) is 18.2 Å². The largest absolute Gasteiger partial charge is 0.456 e. The van der Waals surface area contributed by atoms with Crippen molar-refractivity contribution in [3.63, 3.8) is 0 Å². The van der Waals surface area contributed by atoms with Crippen LogP contribution in [-0.2, 0) is 25.5 Å². The molecule has 0 radical (unpaired) electrons. The Hall–Kier alpha value is -3.23. The van der Waals surface area contributed by atoms with Crippen molar-refractivity contribution < 1.29 is 28.7 Å². The number of hydrogen-bond donors (Lipinski definition) is 2. The number of carbonyl (C=O) groups excluding carboxylic acids is 5. The van der Waals surface area contributed by atoms with Crippen LogP contribution in [0, 0.1) is 5.92 Å². The van der Waals surface area contributed by atoms with Crippen molar-refractivity contribution in [1.82, 2.24) is 10.2 Å². The van der Waals surface area contributed by atoms with Crippen LogP contribution in [0.2, 0.25) is 0 Å². The number of rotatable bonds is 5. The molecule has 9 nitrogen and oxygen atoms in total. The molecule has 4 amide bonds. The Bertz CT molecular complexity index is 958. The molecule has 1 spiro atoms. The number of fused-ring (bicyclic) bond motifs is 1. The van der Waals surface area contributed by atoms with Crippen LogP contribution in [0.5, 0.6) is 0 Å². The third-order valence-electron chi connectivity index (χ3n) is 6.21. The molecule has 1 saturated carbocycles. The molecule has 0 bridgehead atoms. The van der Waals surface area contributed by atoms with Crippen molar-refractivity contribution in [3.8, 4) is 0 Å². The number of hydrogen-bond acceptors (Lipinski definition) is 6. The van der Waals surface area contributed by atoms with Crippen molar-refractivity contribution >= 4 is 35.3 Å². The van der Waals surface area contributed by atoms with Gasteiger partial charge in [0.25, 0.3) is 5.91 Å². The minimum Gasteiger partial charge on any atom is -0.456 e. The monoisotopic (exact) mass is 413 g/mol. The maximum absolute atomic E-state index is 12.9. The predicted molar refractivity (Wildman–Crippen MR) is 105 cm³/mol. The van der Waals surface area contributed by atoms with Crippen LogP contribution in [0.1, 0.15) is 48.5 Å². The van der Waals surface area contributed by atoms with Gasteiger partial charge in [0.15, 0.2) is 12.4 Å². The van der Waals surface area contributed by atoms with E-state index in [0.717, 1.165) is 24.2 Å². The molecule has 2 fully saturated rings. The molecule has 2 N–H and O–H groups in total. The quantitative estimate of drug-likeness (QED) is 0.428. The Morgan fingerprint density at radius 3 is 2.80 bits per heavy atom. The molecule has 3 aliphatic rings. The molecule has 2 aliphatic heterocycles. The number of anilines is 1. The first kappa shape index (κ1) is 20.1. The van der Waals surface area contributed by atoms with Gasteiger partial charge in [-0.25, -0.2) is 4.79 Å². The fourth-order valence-electron chi connectivity index (χ4n) is 4.45. The molecule has 9 heteroatoms. The number of ether oxygens (including phenoxy) is 1. The highest BCUT2D eigenvalue weighted by molar-refractivity contribution is 6.09.